The largest absolute Gasteiger partial charge is 0.523 e. The van der Waals surface area contributed by atoms with E-state index < -0.39 is 39.7 Å². The molecule has 34 heteroatoms. The summed E-state index contributed by atoms with van der Waals surface area (Å²) in [5, 5.41) is 5.74. The highest BCUT2D eigenvalue weighted by molar-refractivity contribution is 7.87. The Labute approximate surface area is 787 Å². The average Bonchev–Trinajstić information content (AvgIpc) is 1.64. The second-order valence-corrected chi connectivity index (χ2v) is 38.9. The van der Waals surface area contributed by atoms with Crippen molar-refractivity contribution in [3.8, 4) is 66.2 Å². The van der Waals surface area contributed by atoms with Crippen molar-refractivity contribution in [3.63, 3.8) is 0 Å². The zero-order valence-electron chi connectivity index (χ0n) is 75.3. The highest BCUT2D eigenvalue weighted by Crippen LogP contribution is 2.44. The Morgan fingerprint density at radius 2 is 0.799 bits per heavy atom. The third-order valence-electron chi connectivity index (χ3n) is 23.4. The number of piperazine rings is 3. The molecule has 6 fully saturated rings. The van der Waals surface area contributed by atoms with Crippen LogP contribution in [-0.2, 0) is 77.2 Å². The Morgan fingerprint density at radius 3 is 1.07 bits per heavy atom. The maximum Gasteiger partial charge on any atom is 0.523 e. The highest BCUT2D eigenvalue weighted by atomic mass is 32.2. The minimum Gasteiger partial charge on any atom is -0.453 e. The van der Waals surface area contributed by atoms with Crippen molar-refractivity contribution < 1.29 is 77.1 Å². The Hall–Kier alpha value is -11.0. The molecule has 2 N–H and O–H groups in total. The second-order valence-electron chi connectivity index (χ2n) is 34.2. The summed E-state index contributed by atoms with van der Waals surface area (Å²) in [4.78, 5) is 100. The number of benzene rings is 3. The monoisotopic (exact) mass is 1910 g/mol. The summed E-state index contributed by atoms with van der Waals surface area (Å²) in [6, 6.07) is 38.1. The molecule has 3 aliphatic carbocycles. The van der Waals surface area contributed by atoms with Gasteiger partial charge in [0.25, 0.3) is 0 Å². The molecule has 706 valence electrons. The number of hydrogen-bond acceptors (Lipinski definition) is 26. The Bertz CT molecular complexity index is 6170. The van der Waals surface area contributed by atoms with E-state index in [-0.39, 0.29) is 65.6 Å². The number of nitrogens with zero attached hydrogens (tertiary/aromatic N) is 11. The summed E-state index contributed by atoms with van der Waals surface area (Å²) in [5.41, 5.74) is 5.25. The number of hydrogen-bond donors (Lipinski definition) is 2. The van der Waals surface area contributed by atoms with Crippen molar-refractivity contribution in [2.45, 2.75) is 129 Å². The molecular weight excluding hydrogens is 1800 g/mol. The molecular formula is C100H109F6N13O11S4. The minimum atomic E-state index is -5.35. The van der Waals surface area contributed by atoms with Crippen molar-refractivity contribution in [1.29, 1.82) is 0 Å². The van der Waals surface area contributed by atoms with Gasteiger partial charge in [0, 0.05) is 212 Å². The van der Waals surface area contributed by atoms with Crippen LogP contribution in [0.5, 0.6) is 34.5 Å². The van der Waals surface area contributed by atoms with Gasteiger partial charge in [-0.15, -0.1) is 34.0 Å². The van der Waals surface area contributed by atoms with E-state index in [1.165, 1.54) is 69.4 Å². The number of amides is 1. The summed E-state index contributed by atoms with van der Waals surface area (Å²) in [7, 11) is -3.79. The summed E-state index contributed by atoms with van der Waals surface area (Å²) >= 11 is 4.58. The van der Waals surface area contributed by atoms with Crippen LogP contribution in [0, 0.1) is 35.2 Å². The third kappa shape index (κ3) is 29.0. The smallest absolute Gasteiger partial charge is 0.453 e. The van der Waals surface area contributed by atoms with Crippen LogP contribution in [-0.4, -0.2) is 203 Å². The fourth-order valence-electron chi connectivity index (χ4n) is 15.5. The minimum absolute atomic E-state index is 0.123. The van der Waals surface area contributed by atoms with Crippen LogP contribution in [0.2, 0.25) is 0 Å². The van der Waals surface area contributed by atoms with Crippen molar-refractivity contribution in [2.24, 2.45) is 17.8 Å². The van der Waals surface area contributed by atoms with Gasteiger partial charge in [0.1, 0.15) is 40.4 Å². The maximum absolute atomic E-state index is 14.9. The van der Waals surface area contributed by atoms with Crippen LogP contribution >= 0.6 is 34.0 Å². The van der Waals surface area contributed by atoms with Gasteiger partial charge in [-0.1, -0.05) is 49.9 Å². The quantitative estimate of drug-likeness (QED) is 0.0164. The number of ether oxygens (including phenoxy) is 3. The highest BCUT2D eigenvalue weighted by Gasteiger charge is 2.47. The summed E-state index contributed by atoms with van der Waals surface area (Å²) in [6.07, 6.45) is 22.1. The first-order valence-electron chi connectivity index (χ1n) is 45.2. The molecule has 3 saturated heterocycles. The van der Waals surface area contributed by atoms with Gasteiger partial charge in [-0.05, 0) is 189 Å². The van der Waals surface area contributed by atoms with Crippen LogP contribution in [0.3, 0.4) is 0 Å². The molecule has 3 aliphatic heterocycles. The van der Waals surface area contributed by atoms with Crippen LogP contribution < -0.4 is 24.8 Å². The number of carbonyl (C=O) groups excluding carboxylic acids is 5. The predicted octanol–water partition coefficient (Wildman–Crippen LogP) is 19.0. The number of halogens is 6. The van der Waals surface area contributed by atoms with Gasteiger partial charge in [-0.2, -0.15) is 21.6 Å². The molecule has 0 atom stereocenters. The summed E-state index contributed by atoms with van der Waals surface area (Å²) in [5.74, 6) is 2.81. The number of pyridine rings is 6. The van der Waals surface area contributed by atoms with Gasteiger partial charge in [-0.25, -0.2) is 13.2 Å². The molecule has 1 amide bonds. The third-order valence-corrected chi connectivity index (χ3v) is 28.0. The Balaban J connectivity index is 0.000000149. The number of fused-ring (bicyclic) bond motifs is 3. The first-order chi connectivity index (χ1) is 64.6. The summed E-state index contributed by atoms with van der Waals surface area (Å²) in [6.45, 7) is 24.8. The molecule has 6 aliphatic rings. The lowest BCUT2D eigenvalue weighted by Gasteiger charge is -2.34. The van der Waals surface area contributed by atoms with Gasteiger partial charge in [-0.3, -0.25) is 72.8 Å². The van der Waals surface area contributed by atoms with Crippen molar-refractivity contribution in [1.82, 2.24) is 65.0 Å². The Kier molecular flexibility index (Phi) is 34.7. The van der Waals surface area contributed by atoms with Crippen LogP contribution in [0.15, 0.2) is 177 Å². The predicted molar refractivity (Wildman–Crippen MR) is 510 cm³/mol. The molecule has 3 saturated carbocycles. The number of thiophene rings is 3. The van der Waals surface area contributed by atoms with Gasteiger partial charge < -0.3 is 34.6 Å². The fraction of sp³-hybridized carbons (Fsp3) is 0.390. The van der Waals surface area contributed by atoms with E-state index in [0.29, 0.717) is 77.4 Å². The molecule has 12 aromatic rings. The molecule has 0 bridgehead atoms. The normalized spacial score (nSPS) is 15.7. The zero-order chi connectivity index (χ0) is 94.4. The van der Waals surface area contributed by atoms with Gasteiger partial charge >= 0.3 is 15.6 Å². The lowest BCUT2D eigenvalue weighted by atomic mass is 10.0. The number of carbonyl (C=O) groups is 5. The fourth-order valence-corrected chi connectivity index (χ4v) is 19.0. The topological polar surface area (TPSA) is 274 Å². The van der Waals surface area contributed by atoms with E-state index in [1.54, 1.807) is 87.2 Å². The van der Waals surface area contributed by atoms with Crippen LogP contribution in [0.25, 0.3) is 62.4 Å². The molecule has 24 nitrogen and oxygen atoms in total. The van der Waals surface area contributed by atoms with Gasteiger partial charge in [0.2, 0.25) is 5.91 Å². The number of Topliss-reactive ketones (excluding diaryl/α,β-unsaturated/α-hetero) is 4. The summed E-state index contributed by atoms with van der Waals surface area (Å²) < 4.78 is 122. The van der Waals surface area contributed by atoms with Crippen LogP contribution in [0.4, 0.5) is 26.3 Å². The van der Waals surface area contributed by atoms with Gasteiger partial charge in [0.15, 0.2) is 34.7 Å². The first kappa shape index (κ1) is 99.0. The molecule has 3 aromatic carbocycles. The van der Waals surface area contributed by atoms with E-state index in [1.807, 2.05) is 48.9 Å². The number of likely N-dealkylation sites (N-methyl/N-ethyl adjacent to an activating group) is 2. The van der Waals surface area contributed by atoms with E-state index in [9.17, 15) is 58.7 Å². The number of aromatic nitrogens is 6. The maximum atomic E-state index is 14.9. The lowest BCUT2D eigenvalue weighted by molar-refractivity contribution is -0.119. The molecule has 134 heavy (non-hydrogen) atoms. The first-order valence-corrected chi connectivity index (χ1v) is 49.1. The molecule has 18 rings (SSSR count). The van der Waals surface area contributed by atoms with Crippen molar-refractivity contribution >= 4 is 104 Å². The van der Waals surface area contributed by atoms with Crippen molar-refractivity contribution in [3.05, 3.63) is 228 Å². The van der Waals surface area contributed by atoms with Crippen molar-refractivity contribution in [2.75, 3.05) is 105 Å². The number of alkyl halides is 3. The number of ketones is 4. The zero-order valence-corrected chi connectivity index (χ0v) is 78.6. The molecule has 0 radical (unpaired) electrons. The Morgan fingerprint density at radius 1 is 0.463 bits per heavy atom. The molecule has 9 aromatic heterocycles. The average molecular weight is 1910 g/mol. The molecule has 0 spiro atoms. The standard InChI is InChI=1S/C33H35FN4O3S.C31H33FN4O2S.C29H29FN4O2S.C4H7NO.C3H5F3O3S/c1-22(39)9-11-37-12-14-38(15-13-37)21-25-4-6-28(36-20-25)32-19-29-33(42-32)31(8-10-35-29)41-30-7-5-24(18-27(30)34)17-26(40)16-23-2-3-23;1-2-35-11-13-36(14-12-35)20-23-5-7-26(34-19-23)30-18-27-31(39-30)29(9-10-33-27)38-28-8-6-22(17-25(28)32)16-24(37)15-21-3-4-21;30-23-15-20(14-22(35)13-19-1-2-19)4-6-26(23)36-27-7-8-32-25-16-28(37-29(25)27)24-5-3-21(17-33-24)18-34-11-9-31-10-12-34;1-3-4(6)5-2;1-2-9-10(7,8)3(4,5)6/h4-8,10,18-20,23H,2-3,9,11-17,21H2,1H3;5-10,17-19,21H,2-4,11-16,20H2,1H3;3-8,15-17,19,31H,1-2,9-14,18H2;3H,1H2,2H3,(H,5,6);2H2,1H3. The van der Waals surface area contributed by atoms with Crippen LogP contribution in [0.1, 0.15) is 118 Å². The van der Waals surface area contributed by atoms with E-state index >= 15 is 0 Å². The van der Waals surface area contributed by atoms with E-state index in [4.69, 9.17) is 29.2 Å². The van der Waals surface area contributed by atoms with E-state index in [2.05, 4.69) is 92.0 Å². The number of nitrogens with one attached hydrogen (secondary N) is 2. The SMILES string of the molecule is C=CC(=O)NC.CC(=O)CCN1CCN(Cc2ccc(-c3cc4nccc(Oc5ccc(CC(=O)CC6CC6)cc5F)c4s3)nc2)CC1.CCN1CCN(Cc2ccc(-c3cc4nccc(Oc5ccc(CC(=O)CC6CC6)cc5F)c4s3)nc2)CC1.CCOS(=O)(=O)C(F)(F)F.O=C(Cc1ccc(Oc2ccnc3cc(-c4ccc(CN5CCNCC5)cn4)sc23)c(F)c1)CC1CC1. The molecule has 12 heterocycles. The van der Waals surface area contributed by atoms with Gasteiger partial charge in [0.05, 0.1) is 69.0 Å². The van der Waals surface area contributed by atoms with E-state index in [0.717, 1.165) is 225 Å². The molecule has 0 unspecified atom stereocenters. The second kappa shape index (κ2) is 47.0. The number of rotatable bonds is 34. The lowest BCUT2D eigenvalue weighted by Crippen LogP contribution is -2.46.